The van der Waals surface area contributed by atoms with Crippen molar-refractivity contribution in [2.24, 2.45) is 11.5 Å². The average molecular weight is 153 g/mol. The fourth-order valence-electron chi connectivity index (χ4n) is 0.249. The topological polar surface area (TPSA) is 75.9 Å². The van der Waals surface area contributed by atoms with E-state index in [-0.39, 0.29) is 0 Å². The first-order valence-corrected chi connectivity index (χ1v) is 2.22. The average Bonchev–Trinajstić information content (AvgIpc) is 1.60. The smallest absolute Gasteiger partial charge is 0.395 e. The highest BCUT2D eigenvalue weighted by molar-refractivity contribution is 5.89. The molecule has 0 aromatic rings. The van der Waals surface area contributed by atoms with Gasteiger partial charge in [-0.1, -0.05) is 0 Å². The fourth-order valence-corrected chi connectivity index (χ4v) is 0.249. The van der Waals surface area contributed by atoms with Gasteiger partial charge >= 0.3 is 6.18 Å². The molecule has 58 valence electrons. The normalized spacial score (nSPS) is 13.3. The summed E-state index contributed by atoms with van der Waals surface area (Å²) >= 11 is 0. The summed E-state index contributed by atoms with van der Waals surface area (Å²) < 4.78 is 34.4. The highest BCUT2D eigenvalue weighted by atomic mass is 19.4. The largest absolute Gasteiger partial charge is 0.430 e. The number of alkyl halides is 3. The van der Waals surface area contributed by atoms with Crippen LogP contribution >= 0.6 is 0 Å². The lowest BCUT2D eigenvalue weighted by atomic mass is 10.4. The number of rotatable bonds is 1. The highest BCUT2D eigenvalue weighted by Crippen LogP contribution is 2.20. The van der Waals surface area contributed by atoms with E-state index in [4.69, 9.17) is 5.41 Å². The molecule has 0 unspecified atom stereocenters. The molecular weight excluding hydrogens is 147 g/mol. The summed E-state index contributed by atoms with van der Waals surface area (Å²) in [6.07, 6.45) is -4.24. The summed E-state index contributed by atoms with van der Waals surface area (Å²) in [5.41, 5.74) is 7.72. The number of amidine groups is 1. The first-order valence-electron chi connectivity index (χ1n) is 2.22. The van der Waals surface area contributed by atoms with Crippen LogP contribution in [-0.4, -0.2) is 12.0 Å². The number of halogens is 3. The van der Waals surface area contributed by atoms with Crippen molar-refractivity contribution in [3.63, 3.8) is 0 Å². The lowest BCUT2D eigenvalue weighted by molar-refractivity contribution is -0.0925. The number of nitrogens with one attached hydrogen (secondary N) is 1. The Morgan fingerprint density at radius 3 is 1.80 bits per heavy atom. The molecule has 0 aliphatic rings. The Balaban J connectivity index is 4.35. The Kier molecular flexibility index (Phi) is 2.28. The van der Waals surface area contributed by atoms with Gasteiger partial charge in [0.05, 0.1) is 0 Å². The zero-order valence-electron chi connectivity index (χ0n) is 4.87. The second-order valence-corrected chi connectivity index (χ2v) is 1.55. The second kappa shape index (κ2) is 2.59. The van der Waals surface area contributed by atoms with Gasteiger partial charge in [-0.15, -0.1) is 0 Å². The third kappa shape index (κ3) is 2.95. The molecule has 0 saturated carbocycles. The zero-order chi connectivity index (χ0) is 8.36. The van der Waals surface area contributed by atoms with Gasteiger partial charge in [-0.05, 0) is 0 Å². The summed E-state index contributed by atoms with van der Waals surface area (Å²) in [4.78, 5) is 0. The fraction of sp³-hybridized carbons (Fsp3) is 0.250. The van der Waals surface area contributed by atoms with E-state index < -0.39 is 17.7 Å². The van der Waals surface area contributed by atoms with Crippen molar-refractivity contribution in [1.82, 2.24) is 0 Å². The van der Waals surface area contributed by atoms with Crippen molar-refractivity contribution in [3.05, 3.63) is 11.8 Å². The molecule has 0 aliphatic heterocycles. The van der Waals surface area contributed by atoms with Gasteiger partial charge < -0.3 is 11.5 Å². The van der Waals surface area contributed by atoms with Crippen LogP contribution in [0.3, 0.4) is 0 Å². The molecule has 6 heteroatoms. The van der Waals surface area contributed by atoms with Crippen LogP contribution in [0.2, 0.25) is 0 Å². The monoisotopic (exact) mass is 153 g/mol. The molecule has 0 heterocycles. The van der Waals surface area contributed by atoms with Crippen LogP contribution < -0.4 is 11.5 Å². The predicted molar refractivity (Wildman–Crippen MR) is 30.2 cm³/mol. The molecule has 0 bridgehead atoms. The number of nitrogens with two attached hydrogens (primary N) is 2. The van der Waals surface area contributed by atoms with Crippen LogP contribution in [0, 0.1) is 5.41 Å². The summed E-state index contributed by atoms with van der Waals surface area (Å²) in [5.74, 6) is -0.713. The Bertz CT molecular complexity index is 169. The van der Waals surface area contributed by atoms with Gasteiger partial charge in [0.2, 0.25) is 0 Å². The number of allylic oxidation sites excluding steroid dienone is 1. The first kappa shape index (κ1) is 8.80. The minimum absolute atomic E-state index is 0.347. The molecule has 0 atom stereocenters. The quantitative estimate of drug-likeness (QED) is 0.375. The van der Waals surface area contributed by atoms with Crippen molar-refractivity contribution in [2.75, 3.05) is 0 Å². The lowest BCUT2D eigenvalue weighted by Crippen LogP contribution is -2.22. The van der Waals surface area contributed by atoms with Gasteiger partial charge in [-0.25, -0.2) is 0 Å². The highest BCUT2D eigenvalue weighted by Gasteiger charge is 2.31. The third-order valence-electron chi connectivity index (χ3n) is 0.638. The maximum absolute atomic E-state index is 11.5. The van der Waals surface area contributed by atoms with Gasteiger partial charge in [0.1, 0.15) is 11.5 Å². The molecule has 0 rings (SSSR count). The van der Waals surface area contributed by atoms with Crippen molar-refractivity contribution in [2.45, 2.75) is 6.18 Å². The standard InChI is InChI=1S/C4H6F3N3/c5-4(6,7)2(8)1-3(9)10/h1H,8H2,(H3,9,10). The predicted octanol–water partition coefficient (Wildman–Crippen LogP) is 0.327. The van der Waals surface area contributed by atoms with Crippen LogP contribution in [0.1, 0.15) is 0 Å². The molecule has 0 radical (unpaired) electrons. The van der Waals surface area contributed by atoms with Gasteiger partial charge in [0.25, 0.3) is 0 Å². The van der Waals surface area contributed by atoms with Crippen molar-refractivity contribution in [1.29, 1.82) is 5.41 Å². The van der Waals surface area contributed by atoms with E-state index in [1.165, 1.54) is 0 Å². The zero-order valence-corrected chi connectivity index (χ0v) is 4.87. The van der Waals surface area contributed by atoms with Crippen LogP contribution in [0.15, 0.2) is 11.8 Å². The molecule has 10 heavy (non-hydrogen) atoms. The molecule has 0 fully saturated rings. The Morgan fingerprint density at radius 1 is 1.30 bits per heavy atom. The van der Waals surface area contributed by atoms with Gasteiger partial charge in [0.15, 0.2) is 0 Å². The van der Waals surface area contributed by atoms with E-state index in [9.17, 15) is 13.2 Å². The van der Waals surface area contributed by atoms with Crippen molar-refractivity contribution >= 4 is 5.84 Å². The van der Waals surface area contributed by atoms with Crippen molar-refractivity contribution < 1.29 is 13.2 Å². The molecule has 0 aromatic heterocycles. The molecule has 3 nitrogen and oxygen atoms in total. The number of hydrogen-bond acceptors (Lipinski definition) is 2. The van der Waals surface area contributed by atoms with Crippen LogP contribution in [0.4, 0.5) is 13.2 Å². The molecular formula is C4H6F3N3. The molecule has 5 N–H and O–H groups in total. The molecule has 0 aliphatic carbocycles. The maximum atomic E-state index is 11.5. The van der Waals surface area contributed by atoms with E-state index in [1.54, 1.807) is 0 Å². The molecule has 0 amide bonds. The Labute approximate surface area is 55.0 Å². The molecule has 0 aromatic carbocycles. The van der Waals surface area contributed by atoms with Crippen LogP contribution in [0.5, 0.6) is 0 Å². The van der Waals surface area contributed by atoms with E-state index in [2.05, 4.69) is 11.5 Å². The second-order valence-electron chi connectivity index (χ2n) is 1.55. The minimum Gasteiger partial charge on any atom is -0.395 e. The molecule has 0 saturated heterocycles. The van der Waals surface area contributed by atoms with E-state index in [0.29, 0.717) is 6.08 Å². The number of hydrogen-bond donors (Lipinski definition) is 3. The maximum Gasteiger partial charge on any atom is 0.430 e. The third-order valence-corrected chi connectivity index (χ3v) is 0.638. The van der Waals surface area contributed by atoms with Gasteiger partial charge in [-0.2, -0.15) is 13.2 Å². The first-order chi connectivity index (χ1) is 4.34. The van der Waals surface area contributed by atoms with Gasteiger partial charge in [0, 0.05) is 6.08 Å². The summed E-state index contributed by atoms with van der Waals surface area (Å²) in [7, 11) is 0. The summed E-state index contributed by atoms with van der Waals surface area (Å²) in [5, 5.41) is 6.43. The Hall–Kier alpha value is -1.20. The lowest BCUT2D eigenvalue weighted by Gasteiger charge is -2.04. The minimum atomic E-state index is -4.59. The van der Waals surface area contributed by atoms with Crippen molar-refractivity contribution in [3.8, 4) is 0 Å². The van der Waals surface area contributed by atoms with Crippen LogP contribution in [-0.2, 0) is 0 Å². The van der Waals surface area contributed by atoms with E-state index in [0.717, 1.165) is 0 Å². The molecule has 0 spiro atoms. The van der Waals surface area contributed by atoms with E-state index in [1.807, 2.05) is 0 Å². The SMILES string of the molecule is N=C(N)C=C(N)C(F)(F)F. The summed E-state index contributed by atoms with van der Waals surface area (Å²) in [6, 6.07) is 0. The Morgan fingerprint density at radius 2 is 1.70 bits per heavy atom. The van der Waals surface area contributed by atoms with E-state index >= 15 is 0 Å². The summed E-state index contributed by atoms with van der Waals surface area (Å²) in [6.45, 7) is 0. The van der Waals surface area contributed by atoms with Gasteiger partial charge in [-0.3, -0.25) is 5.41 Å². The van der Waals surface area contributed by atoms with Crippen LogP contribution in [0.25, 0.3) is 0 Å².